The fraction of sp³-hybridized carbons (Fsp3) is 0.0323. The van der Waals surface area contributed by atoms with Crippen molar-refractivity contribution in [2.45, 2.75) is 4.90 Å². The molecule has 0 N–H and O–H groups in total. The van der Waals surface area contributed by atoms with E-state index in [1.165, 1.54) is 36.0 Å². The van der Waals surface area contributed by atoms with Crippen molar-refractivity contribution in [1.82, 2.24) is 0 Å². The summed E-state index contributed by atoms with van der Waals surface area (Å²) in [6, 6.07) is 31.7. The number of halogens is 3. The van der Waals surface area contributed by atoms with Crippen LogP contribution in [0, 0.1) is 15.9 Å². The van der Waals surface area contributed by atoms with E-state index in [1.54, 1.807) is 24.3 Å². The molecule has 5 aromatic rings. The van der Waals surface area contributed by atoms with Crippen LogP contribution in [0.5, 0.6) is 5.75 Å². The summed E-state index contributed by atoms with van der Waals surface area (Å²) in [4.78, 5) is 12.1. The number of benzene rings is 5. The van der Waals surface area contributed by atoms with E-state index in [9.17, 15) is 14.5 Å². The Morgan fingerprint density at radius 2 is 1.51 bits per heavy atom. The molecule has 0 fully saturated rings. The van der Waals surface area contributed by atoms with Crippen molar-refractivity contribution < 1.29 is 14.1 Å². The van der Waals surface area contributed by atoms with Crippen LogP contribution in [0.25, 0.3) is 33.4 Å². The zero-order chi connectivity index (χ0) is 27.4. The molecule has 0 amide bonds. The van der Waals surface area contributed by atoms with Gasteiger partial charge in [0.1, 0.15) is 17.5 Å². The second-order valence-electron chi connectivity index (χ2n) is 8.56. The van der Waals surface area contributed by atoms with Crippen LogP contribution in [0.3, 0.4) is 0 Å². The second kappa shape index (κ2) is 12.0. The van der Waals surface area contributed by atoms with Crippen LogP contribution in [-0.2, 0) is 0 Å². The van der Waals surface area contributed by atoms with Crippen LogP contribution in [-0.4, -0.2) is 10.9 Å². The zero-order valence-electron chi connectivity index (χ0n) is 20.3. The van der Waals surface area contributed by atoms with Gasteiger partial charge in [-0.2, -0.15) is 0 Å². The first-order valence-corrected chi connectivity index (χ1v) is 14.0. The molecule has 0 atom stereocenters. The monoisotopic (exact) mass is 619 g/mol. The van der Waals surface area contributed by atoms with Crippen molar-refractivity contribution in [3.05, 3.63) is 135 Å². The van der Waals surface area contributed by atoms with E-state index in [-0.39, 0.29) is 17.4 Å². The number of hydrogen-bond donors (Lipinski definition) is 0. The molecule has 39 heavy (non-hydrogen) atoms. The van der Waals surface area contributed by atoms with Crippen LogP contribution in [0.1, 0.15) is 0 Å². The summed E-state index contributed by atoms with van der Waals surface area (Å²) in [6.07, 6.45) is 0. The number of nitro benzene ring substituents is 1. The third-order valence-corrected chi connectivity index (χ3v) is 7.55. The normalized spacial score (nSPS) is 10.8. The predicted molar refractivity (Wildman–Crippen MR) is 160 cm³/mol. The topological polar surface area (TPSA) is 52.4 Å². The second-order valence-corrected chi connectivity index (χ2v) is 10.9. The summed E-state index contributed by atoms with van der Waals surface area (Å²) < 4.78 is 21.9. The van der Waals surface area contributed by atoms with Gasteiger partial charge in [0, 0.05) is 37.7 Å². The molecule has 0 spiro atoms. The van der Waals surface area contributed by atoms with Crippen LogP contribution in [0.15, 0.2) is 119 Å². The quantitative estimate of drug-likeness (QED) is 0.0750. The Bertz CT molecular complexity index is 1680. The summed E-state index contributed by atoms with van der Waals surface area (Å²) in [6.45, 7) is 0. The van der Waals surface area contributed by atoms with Gasteiger partial charge in [-0.25, -0.2) is 4.39 Å². The maximum Gasteiger partial charge on any atom is 0.270 e. The van der Waals surface area contributed by atoms with Crippen LogP contribution >= 0.6 is 39.3 Å². The lowest BCUT2D eigenvalue weighted by atomic mass is 9.89. The van der Waals surface area contributed by atoms with Crippen molar-refractivity contribution >= 4 is 45.0 Å². The zero-order valence-corrected chi connectivity index (χ0v) is 23.5. The molecule has 0 heterocycles. The third-order valence-electron chi connectivity index (χ3n) is 6.00. The summed E-state index contributed by atoms with van der Waals surface area (Å²) in [7, 11) is 0. The molecule has 0 aliphatic carbocycles. The van der Waals surface area contributed by atoms with Gasteiger partial charge >= 0.3 is 0 Å². The van der Waals surface area contributed by atoms with Crippen molar-refractivity contribution in [2.24, 2.45) is 0 Å². The first-order chi connectivity index (χ1) is 18.9. The molecule has 0 saturated heterocycles. The molecular formula is C31H20BrClFNO3S. The molecule has 0 unspecified atom stereocenters. The Labute approximate surface area is 242 Å². The molecule has 0 aliphatic heterocycles. The Balaban J connectivity index is 1.71. The lowest BCUT2D eigenvalue weighted by molar-refractivity contribution is -0.384. The first kappa shape index (κ1) is 26.9. The van der Waals surface area contributed by atoms with E-state index in [0.29, 0.717) is 33.0 Å². The Kier molecular flexibility index (Phi) is 8.31. The van der Waals surface area contributed by atoms with Crippen molar-refractivity contribution in [3.63, 3.8) is 0 Å². The van der Waals surface area contributed by atoms with Gasteiger partial charge in [0.2, 0.25) is 0 Å². The molecule has 0 aliphatic rings. The van der Waals surface area contributed by atoms with Crippen LogP contribution in [0.2, 0.25) is 5.02 Å². The van der Waals surface area contributed by atoms with Gasteiger partial charge in [0.05, 0.1) is 4.92 Å². The van der Waals surface area contributed by atoms with Gasteiger partial charge < -0.3 is 4.74 Å². The lowest BCUT2D eigenvalue weighted by Crippen LogP contribution is -2.00. The Hall–Kier alpha value is -3.65. The summed E-state index contributed by atoms with van der Waals surface area (Å²) >= 11 is 11.3. The third kappa shape index (κ3) is 6.33. The molecule has 4 nitrogen and oxygen atoms in total. The van der Waals surface area contributed by atoms with Crippen molar-refractivity contribution in [3.8, 4) is 39.1 Å². The smallest absolute Gasteiger partial charge is 0.270 e. The minimum Gasteiger partial charge on any atom is -0.481 e. The van der Waals surface area contributed by atoms with Crippen molar-refractivity contribution in [1.29, 1.82) is 0 Å². The van der Waals surface area contributed by atoms with E-state index >= 15 is 0 Å². The predicted octanol–water partition coefficient (Wildman–Crippen LogP) is 10.3. The highest BCUT2D eigenvalue weighted by Gasteiger charge is 2.21. The number of ether oxygens (including phenoxy) is 1. The highest BCUT2D eigenvalue weighted by Crippen LogP contribution is 2.46. The van der Waals surface area contributed by atoms with Gasteiger partial charge in [-0.3, -0.25) is 10.1 Å². The summed E-state index contributed by atoms with van der Waals surface area (Å²) in [5, 5.41) is 12.1. The van der Waals surface area contributed by atoms with Gasteiger partial charge in [0.25, 0.3) is 5.69 Å². The van der Waals surface area contributed by atoms with E-state index in [4.69, 9.17) is 16.3 Å². The van der Waals surface area contributed by atoms with Gasteiger partial charge in [-0.05, 0) is 70.8 Å². The van der Waals surface area contributed by atoms with Gasteiger partial charge in [-0.15, -0.1) is 0 Å². The molecule has 5 rings (SSSR count). The molecule has 0 saturated carbocycles. The fourth-order valence-corrected chi connectivity index (χ4v) is 5.73. The van der Waals surface area contributed by atoms with Crippen LogP contribution < -0.4 is 4.74 Å². The Morgan fingerprint density at radius 1 is 0.821 bits per heavy atom. The highest BCUT2D eigenvalue weighted by molar-refractivity contribution is 9.10. The SMILES string of the molecule is O=[N+]([O-])c1cccc(-c2ccc(-c3cccc(Cl)c3)c(-c3cccc(F)c3)c2OCSc2cccc(Br)c2)c1. The fourth-order valence-electron chi connectivity index (χ4n) is 4.29. The van der Waals surface area contributed by atoms with Gasteiger partial charge in [-0.1, -0.05) is 87.8 Å². The average molecular weight is 621 g/mol. The molecule has 8 heteroatoms. The number of non-ortho nitro benzene ring substituents is 1. The maximum absolute atomic E-state index is 14.5. The first-order valence-electron chi connectivity index (χ1n) is 11.8. The largest absolute Gasteiger partial charge is 0.481 e. The van der Waals surface area contributed by atoms with E-state index < -0.39 is 4.92 Å². The lowest BCUT2D eigenvalue weighted by Gasteiger charge is -2.20. The summed E-state index contributed by atoms with van der Waals surface area (Å²) in [5.74, 6) is 0.348. The molecular weight excluding hydrogens is 601 g/mol. The average Bonchev–Trinajstić information content (AvgIpc) is 2.93. The minimum absolute atomic E-state index is 0.0341. The number of nitrogens with zero attached hydrogens (tertiary/aromatic N) is 1. The Morgan fingerprint density at radius 3 is 2.26 bits per heavy atom. The van der Waals surface area contributed by atoms with E-state index in [0.717, 1.165) is 20.5 Å². The highest BCUT2D eigenvalue weighted by atomic mass is 79.9. The van der Waals surface area contributed by atoms with Gasteiger partial charge in [0.15, 0.2) is 0 Å². The molecule has 0 bridgehead atoms. The van der Waals surface area contributed by atoms with E-state index in [1.807, 2.05) is 60.7 Å². The number of thioether (sulfide) groups is 1. The maximum atomic E-state index is 14.5. The number of hydrogen-bond acceptors (Lipinski definition) is 4. The summed E-state index contributed by atoms with van der Waals surface area (Å²) in [5.41, 5.74) is 4.13. The van der Waals surface area contributed by atoms with Crippen LogP contribution in [0.4, 0.5) is 10.1 Å². The molecule has 194 valence electrons. The molecule has 0 aromatic heterocycles. The standard InChI is InChI=1S/C31H20BrClFNO3S/c32-23-8-4-12-27(18-23)39-19-38-31-29(21-6-3-11-26(17-21)35(36)37)14-13-28(20-5-1-9-24(33)15-20)30(31)22-7-2-10-25(34)16-22/h1-18H,19H2. The van der Waals surface area contributed by atoms with E-state index in [2.05, 4.69) is 15.9 Å². The number of nitro groups is 1. The van der Waals surface area contributed by atoms with Crippen molar-refractivity contribution in [2.75, 3.05) is 5.94 Å². The number of rotatable bonds is 8. The molecule has 0 radical (unpaired) electrons. The molecule has 5 aromatic carbocycles. The minimum atomic E-state index is -0.430.